The summed E-state index contributed by atoms with van der Waals surface area (Å²) in [6, 6.07) is 0. The maximum absolute atomic E-state index is 11.5. The highest BCUT2D eigenvalue weighted by molar-refractivity contribution is 5.80. The minimum atomic E-state index is -0.229. The molecule has 1 N–H and O–H groups in total. The molecule has 15 heavy (non-hydrogen) atoms. The van der Waals surface area contributed by atoms with Crippen LogP contribution in [0.15, 0.2) is 0 Å². The van der Waals surface area contributed by atoms with E-state index in [0.717, 1.165) is 32.1 Å². The van der Waals surface area contributed by atoms with Gasteiger partial charge in [0.1, 0.15) is 6.10 Å². The van der Waals surface area contributed by atoms with Gasteiger partial charge in [0.25, 0.3) is 0 Å². The van der Waals surface area contributed by atoms with Gasteiger partial charge < -0.3 is 10.1 Å². The summed E-state index contributed by atoms with van der Waals surface area (Å²) in [5.74, 6) is 2.61. The van der Waals surface area contributed by atoms with Crippen molar-refractivity contribution in [3.05, 3.63) is 0 Å². The fourth-order valence-electron chi connectivity index (χ4n) is 1.67. The third-order valence-corrected chi connectivity index (χ3v) is 2.57. The van der Waals surface area contributed by atoms with Crippen molar-refractivity contribution >= 4 is 5.91 Å². The molecule has 2 atom stereocenters. The van der Waals surface area contributed by atoms with E-state index in [2.05, 4.69) is 11.2 Å². The van der Waals surface area contributed by atoms with Gasteiger partial charge in [0.2, 0.25) is 5.91 Å². The highest BCUT2D eigenvalue weighted by Gasteiger charge is 2.27. The Balaban J connectivity index is 2.06. The molecule has 3 nitrogen and oxygen atoms in total. The number of hydrogen-bond donors (Lipinski definition) is 1. The van der Waals surface area contributed by atoms with Crippen molar-refractivity contribution in [2.45, 2.75) is 51.2 Å². The van der Waals surface area contributed by atoms with Gasteiger partial charge in [-0.15, -0.1) is 12.3 Å². The van der Waals surface area contributed by atoms with Gasteiger partial charge in [-0.05, 0) is 32.6 Å². The monoisotopic (exact) mass is 209 g/mol. The Morgan fingerprint density at radius 1 is 1.53 bits per heavy atom. The van der Waals surface area contributed by atoms with E-state index >= 15 is 0 Å². The summed E-state index contributed by atoms with van der Waals surface area (Å²) < 4.78 is 5.46. The highest BCUT2D eigenvalue weighted by Crippen LogP contribution is 2.18. The van der Waals surface area contributed by atoms with Gasteiger partial charge in [-0.2, -0.15) is 0 Å². The summed E-state index contributed by atoms with van der Waals surface area (Å²) in [5.41, 5.74) is 0. The standard InChI is InChI=1S/C12H19NO2/c1-3-4-5-6-9-13-12(14)11-8-7-10(2)15-11/h1,10-11H,4-9H2,2H3,(H,13,14). The van der Waals surface area contributed by atoms with E-state index in [1.807, 2.05) is 6.92 Å². The third-order valence-electron chi connectivity index (χ3n) is 2.57. The molecule has 1 saturated heterocycles. The quantitative estimate of drug-likeness (QED) is 0.550. The Hall–Kier alpha value is -1.01. The number of amides is 1. The molecule has 1 fully saturated rings. The zero-order chi connectivity index (χ0) is 11.1. The molecular weight excluding hydrogens is 190 g/mol. The van der Waals surface area contributed by atoms with Crippen molar-refractivity contribution < 1.29 is 9.53 Å². The Bertz CT molecular complexity index is 244. The number of unbranched alkanes of at least 4 members (excludes halogenated alkanes) is 2. The summed E-state index contributed by atoms with van der Waals surface area (Å²) in [5, 5.41) is 2.87. The van der Waals surface area contributed by atoms with Crippen LogP contribution in [0.2, 0.25) is 0 Å². The zero-order valence-electron chi connectivity index (χ0n) is 9.29. The summed E-state index contributed by atoms with van der Waals surface area (Å²) in [6.07, 6.45) is 9.65. The first-order valence-electron chi connectivity index (χ1n) is 5.60. The third kappa shape index (κ3) is 4.35. The van der Waals surface area contributed by atoms with Gasteiger partial charge in [0.15, 0.2) is 0 Å². The number of ether oxygens (including phenoxy) is 1. The van der Waals surface area contributed by atoms with E-state index in [9.17, 15) is 4.79 Å². The molecule has 0 bridgehead atoms. The van der Waals surface area contributed by atoms with Gasteiger partial charge in [-0.25, -0.2) is 0 Å². The number of terminal acetylenes is 1. The molecule has 2 unspecified atom stereocenters. The lowest BCUT2D eigenvalue weighted by molar-refractivity contribution is -0.131. The van der Waals surface area contributed by atoms with Gasteiger partial charge in [0, 0.05) is 13.0 Å². The van der Waals surface area contributed by atoms with Crippen molar-refractivity contribution in [3.8, 4) is 12.3 Å². The molecule has 1 rings (SSSR count). The molecule has 0 aliphatic carbocycles. The van der Waals surface area contributed by atoms with E-state index in [0.29, 0.717) is 6.54 Å². The molecule has 0 aromatic carbocycles. The number of rotatable bonds is 5. The summed E-state index contributed by atoms with van der Waals surface area (Å²) in [7, 11) is 0. The fourth-order valence-corrected chi connectivity index (χ4v) is 1.67. The average molecular weight is 209 g/mol. The molecule has 0 radical (unpaired) electrons. The molecule has 0 spiro atoms. The summed E-state index contributed by atoms with van der Waals surface area (Å²) in [6.45, 7) is 2.70. The smallest absolute Gasteiger partial charge is 0.249 e. The van der Waals surface area contributed by atoms with Crippen LogP contribution in [-0.2, 0) is 9.53 Å². The number of carbonyl (C=O) groups excluding carboxylic acids is 1. The molecule has 1 aliphatic rings. The van der Waals surface area contributed by atoms with Crippen molar-refractivity contribution in [2.75, 3.05) is 6.54 Å². The minimum absolute atomic E-state index is 0.0278. The van der Waals surface area contributed by atoms with Crippen LogP contribution < -0.4 is 5.32 Å². The van der Waals surface area contributed by atoms with E-state index in [-0.39, 0.29) is 18.1 Å². The molecule has 1 heterocycles. The van der Waals surface area contributed by atoms with Crippen LogP contribution in [0.5, 0.6) is 0 Å². The van der Waals surface area contributed by atoms with Crippen LogP contribution in [0.4, 0.5) is 0 Å². The van der Waals surface area contributed by atoms with Crippen molar-refractivity contribution in [1.29, 1.82) is 0 Å². The molecule has 3 heteroatoms. The molecular formula is C12H19NO2. The van der Waals surface area contributed by atoms with Gasteiger partial charge >= 0.3 is 0 Å². The van der Waals surface area contributed by atoms with Crippen LogP contribution in [-0.4, -0.2) is 24.7 Å². The topological polar surface area (TPSA) is 38.3 Å². The molecule has 1 amide bonds. The van der Waals surface area contributed by atoms with Gasteiger partial charge in [-0.3, -0.25) is 4.79 Å². The fraction of sp³-hybridized carbons (Fsp3) is 0.750. The Morgan fingerprint density at radius 2 is 2.33 bits per heavy atom. The van der Waals surface area contributed by atoms with Crippen LogP contribution in [0, 0.1) is 12.3 Å². The van der Waals surface area contributed by atoms with Crippen molar-refractivity contribution in [1.82, 2.24) is 5.32 Å². The highest BCUT2D eigenvalue weighted by atomic mass is 16.5. The van der Waals surface area contributed by atoms with E-state index < -0.39 is 0 Å². The van der Waals surface area contributed by atoms with E-state index in [4.69, 9.17) is 11.2 Å². The SMILES string of the molecule is C#CCCCCNC(=O)C1CCC(C)O1. The predicted octanol–water partition coefficient (Wildman–Crippen LogP) is 1.47. The predicted molar refractivity (Wildman–Crippen MR) is 59.3 cm³/mol. The van der Waals surface area contributed by atoms with E-state index in [1.165, 1.54) is 0 Å². The maximum atomic E-state index is 11.5. The lowest BCUT2D eigenvalue weighted by Crippen LogP contribution is -2.35. The molecule has 0 saturated carbocycles. The van der Waals surface area contributed by atoms with Crippen LogP contribution in [0.25, 0.3) is 0 Å². The zero-order valence-corrected chi connectivity index (χ0v) is 9.29. The van der Waals surface area contributed by atoms with Crippen molar-refractivity contribution in [3.63, 3.8) is 0 Å². The Morgan fingerprint density at radius 3 is 2.93 bits per heavy atom. The first kappa shape index (κ1) is 12.1. The Kier molecular flexibility index (Phi) is 5.20. The molecule has 0 aromatic heterocycles. The lowest BCUT2D eigenvalue weighted by Gasteiger charge is -2.11. The van der Waals surface area contributed by atoms with E-state index in [1.54, 1.807) is 0 Å². The van der Waals surface area contributed by atoms with Crippen LogP contribution in [0.1, 0.15) is 39.0 Å². The second-order valence-corrected chi connectivity index (χ2v) is 3.96. The average Bonchev–Trinajstić information content (AvgIpc) is 2.64. The molecule has 1 aliphatic heterocycles. The molecule has 84 valence electrons. The Labute approximate surface area is 91.6 Å². The summed E-state index contributed by atoms with van der Waals surface area (Å²) in [4.78, 5) is 11.5. The normalized spacial score (nSPS) is 24.8. The van der Waals surface area contributed by atoms with Crippen molar-refractivity contribution in [2.24, 2.45) is 0 Å². The summed E-state index contributed by atoms with van der Waals surface area (Å²) >= 11 is 0. The second kappa shape index (κ2) is 6.47. The number of carbonyl (C=O) groups is 1. The lowest BCUT2D eigenvalue weighted by atomic mass is 10.2. The van der Waals surface area contributed by atoms with Crippen LogP contribution in [0.3, 0.4) is 0 Å². The molecule has 0 aromatic rings. The number of hydrogen-bond acceptors (Lipinski definition) is 2. The van der Waals surface area contributed by atoms with Gasteiger partial charge in [-0.1, -0.05) is 0 Å². The van der Waals surface area contributed by atoms with Crippen LogP contribution >= 0.6 is 0 Å². The largest absolute Gasteiger partial charge is 0.365 e. The first-order chi connectivity index (χ1) is 7.24. The second-order valence-electron chi connectivity index (χ2n) is 3.96. The van der Waals surface area contributed by atoms with Gasteiger partial charge in [0.05, 0.1) is 6.10 Å². The minimum Gasteiger partial charge on any atom is -0.365 e. The number of nitrogens with one attached hydrogen (secondary N) is 1. The first-order valence-corrected chi connectivity index (χ1v) is 5.60. The maximum Gasteiger partial charge on any atom is 0.249 e.